The minimum Gasteiger partial charge on any atom is -0.493 e. The predicted molar refractivity (Wildman–Crippen MR) is 181 cm³/mol. The van der Waals surface area contributed by atoms with Gasteiger partial charge in [-0.2, -0.15) is 0 Å². The van der Waals surface area contributed by atoms with Gasteiger partial charge in [0, 0.05) is 49.1 Å². The molecular formula is C37H46ClN3O4. The molecule has 2 heterocycles. The highest BCUT2D eigenvalue weighted by Gasteiger charge is 2.36. The molecule has 0 unspecified atom stereocenters. The van der Waals surface area contributed by atoms with Crippen molar-refractivity contribution in [3.63, 3.8) is 0 Å². The first-order chi connectivity index (χ1) is 21.8. The molecule has 1 amide bonds. The van der Waals surface area contributed by atoms with Gasteiger partial charge in [-0.15, -0.1) is 0 Å². The van der Waals surface area contributed by atoms with Gasteiger partial charge in [0.05, 0.1) is 38.9 Å². The molecule has 0 N–H and O–H groups in total. The van der Waals surface area contributed by atoms with E-state index in [4.69, 9.17) is 25.8 Å². The number of ether oxygens (including phenoxy) is 3. The number of anilines is 2. The van der Waals surface area contributed by atoms with Crippen molar-refractivity contribution in [2.75, 3.05) is 56.8 Å². The second-order valence-corrected chi connectivity index (χ2v) is 13.4. The zero-order valence-electron chi connectivity index (χ0n) is 27.0. The second-order valence-electron chi connectivity index (χ2n) is 13.0. The molecule has 7 nitrogen and oxygen atoms in total. The Morgan fingerprint density at radius 1 is 0.956 bits per heavy atom. The van der Waals surface area contributed by atoms with Crippen LogP contribution in [0.2, 0.25) is 5.02 Å². The summed E-state index contributed by atoms with van der Waals surface area (Å²) < 4.78 is 17.4. The highest BCUT2D eigenvalue weighted by atomic mass is 35.5. The number of carbonyl (C=O) groups excluding carboxylic acids is 1. The van der Waals surface area contributed by atoms with Crippen LogP contribution in [0.3, 0.4) is 0 Å². The number of carbonyl (C=O) groups is 1. The molecule has 2 fully saturated rings. The minimum atomic E-state index is -0.329. The predicted octanol–water partition coefficient (Wildman–Crippen LogP) is 7.14. The Morgan fingerprint density at radius 2 is 1.64 bits per heavy atom. The number of hydrogen-bond donors (Lipinski definition) is 0. The van der Waals surface area contributed by atoms with Crippen molar-refractivity contribution in [1.82, 2.24) is 4.90 Å². The highest BCUT2D eigenvalue weighted by Crippen LogP contribution is 2.44. The van der Waals surface area contributed by atoms with Crippen molar-refractivity contribution in [2.24, 2.45) is 5.92 Å². The molecule has 3 aromatic rings. The van der Waals surface area contributed by atoms with Crippen molar-refractivity contribution >= 4 is 28.9 Å². The number of hydrogen-bond acceptors (Lipinski definition) is 6. The summed E-state index contributed by atoms with van der Waals surface area (Å²) >= 11 is 6.29. The Labute approximate surface area is 273 Å². The van der Waals surface area contributed by atoms with E-state index in [-0.39, 0.29) is 24.5 Å². The van der Waals surface area contributed by atoms with Crippen LogP contribution < -0.4 is 19.3 Å². The summed E-state index contributed by atoms with van der Waals surface area (Å²) in [6.07, 6.45) is 5.35. The number of halogens is 1. The summed E-state index contributed by atoms with van der Waals surface area (Å²) in [5, 5.41) is 0.660. The molecule has 45 heavy (non-hydrogen) atoms. The lowest BCUT2D eigenvalue weighted by atomic mass is 9.85. The SMILES string of the molecule is COc1cc2c(cc1OC(C)C)[C@H](c1ccc(Cl)cc1)N(c1ccc(N(C)C[C@H]3CC[C@H](N4CCOCC4)CC3)cc1)C(=O)C2. The van der Waals surface area contributed by atoms with Gasteiger partial charge in [-0.3, -0.25) is 9.69 Å². The van der Waals surface area contributed by atoms with Gasteiger partial charge >= 0.3 is 0 Å². The molecule has 1 atom stereocenters. The monoisotopic (exact) mass is 631 g/mol. The number of rotatable bonds is 9. The van der Waals surface area contributed by atoms with E-state index >= 15 is 0 Å². The first-order valence-corrected chi connectivity index (χ1v) is 16.8. The van der Waals surface area contributed by atoms with Crippen molar-refractivity contribution in [3.8, 4) is 11.5 Å². The summed E-state index contributed by atoms with van der Waals surface area (Å²) in [5.41, 5.74) is 5.00. The van der Waals surface area contributed by atoms with Crippen LogP contribution in [-0.4, -0.2) is 70.0 Å². The van der Waals surface area contributed by atoms with Crippen LogP contribution in [0.25, 0.3) is 0 Å². The Bertz CT molecular complexity index is 1450. The third kappa shape index (κ3) is 7.11. The maximum Gasteiger partial charge on any atom is 0.232 e. The maximum atomic E-state index is 13.9. The average Bonchev–Trinajstić information content (AvgIpc) is 3.05. The van der Waals surface area contributed by atoms with Crippen LogP contribution in [0.15, 0.2) is 60.7 Å². The number of nitrogens with zero attached hydrogens (tertiary/aromatic N) is 3. The molecule has 0 aromatic heterocycles. The van der Waals surface area contributed by atoms with Gasteiger partial charge in [-0.05, 0) is 111 Å². The summed E-state index contributed by atoms with van der Waals surface area (Å²) in [6, 6.07) is 20.6. The summed E-state index contributed by atoms with van der Waals surface area (Å²) in [7, 11) is 3.82. The van der Waals surface area contributed by atoms with E-state index in [1.165, 1.54) is 31.4 Å². The molecular weight excluding hydrogens is 586 g/mol. The number of benzene rings is 3. The van der Waals surface area contributed by atoms with E-state index in [9.17, 15) is 4.79 Å². The second kappa shape index (κ2) is 14.0. The largest absolute Gasteiger partial charge is 0.493 e. The third-order valence-electron chi connectivity index (χ3n) is 9.62. The van der Waals surface area contributed by atoms with Crippen molar-refractivity contribution in [1.29, 1.82) is 0 Å². The third-order valence-corrected chi connectivity index (χ3v) is 9.87. The van der Waals surface area contributed by atoms with Crippen molar-refractivity contribution in [3.05, 3.63) is 82.4 Å². The minimum absolute atomic E-state index is 0.0170. The lowest BCUT2D eigenvalue weighted by molar-refractivity contribution is -0.118. The van der Waals surface area contributed by atoms with Crippen LogP contribution >= 0.6 is 11.6 Å². The van der Waals surface area contributed by atoms with E-state index < -0.39 is 0 Å². The molecule has 0 bridgehead atoms. The van der Waals surface area contributed by atoms with E-state index in [1.807, 2.05) is 55.1 Å². The van der Waals surface area contributed by atoms with Crippen LogP contribution in [-0.2, 0) is 16.0 Å². The molecule has 3 aromatic carbocycles. The topological polar surface area (TPSA) is 54.5 Å². The molecule has 3 aliphatic rings. The zero-order valence-corrected chi connectivity index (χ0v) is 27.8. The number of fused-ring (bicyclic) bond motifs is 1. The van der Waals surface area contributed by atoms with E-state index in [0.717, 1.165) is 55.2 Å². The Kier molecular flexibility index (Phi) is 9.88. The molecule has 2 aliphatic heterocycles. The van der Waals surface area contributed by atoms with Gasteiger partial charge in [0.15, 0.2) is 11.5 Å². The Balaban J connectivity index is 1.22. The van der Waals surface area contributed by atoms with E-state index in [0.29, 0.717) is 28.5 Å². The average molecular weight is 632 g/mol. The van der Waals surface area contributed by atoms with Gasteiger partial charge in [-0.1, -0.05) is 23.7 Å². The van der Waals surface area contributed by atoms with Crippen LogP contribution in [0, 0.1) is 5.92 Å². The summed E-state index contributed by atoms with van der Waals surface area (Å²) in [4.78, 5) is 20.8. The molecule has 6 rings (SSSR count). The molecule has 1 aliphatic carbocycles. The molecule has 8 heteroatoms. The molecule has 1 saturated carbocycles. The fourth-order valence-electron chi connectivity index (χ4n) is 7.32. The zero-order chi connectivity index (χ0) is 31.5. The molecule has 240 valence electrons. The Hall–Kier alpha value is -3.26. The first-order valence-electron chi connectivity index (χ1n) is 16.4. The van der Waals surface area contributed by atoms with E-state index in [1.54, 1.807) is 7.11 Å². The molecule has 1 saturated heterocycles. The quantitative estimate of drug-likeness (QED) is 0.250. The fraction of sp³-hybridized carbons (Fsp3) is 0.486. The van der Waals surface area contributed by atoms with Crippen molar-refractivity contribution in [2.45, 2.75) is 64.1 Å². The van der Waals surface area contributed by atoms with Gasteiger partial charge < -0.3 is 24.0 Å². The van der Waals surface area contributed by atoms with Crippen LogP contribution in [0.4, 0.5) is 11.4 Å². The lowest BCUT2D eigenvalue weighted by Gasteiger charge is -2.40. The van der Waals surface area contributed by atoms with Gasteiger partial charge in [0.25, 0.3) is 0 Å². The molecule has 0 spiro atoms. The standard InChI is InChI=1S/C37H46ClN3O4/c1-25(2)45-35-23-33-28(21-34(35)43-4)22-36(42)41(37(33)27-7-9-29(38)10-8-27)32-15-13-30(14-16-32)39(3)24-26-5-11-31(12-6-26)40-17-19-44-20-18-40/h7-10,13-16,21,23,25-26,31,37H,5-6,11-12,17-20,22,24H2,1-4H3/t26-,31-,37-/m0/s1. The number of morpholine rings is 1. The smallest absolute Gasteiger partial charge is 0.232 e. The highest BCUT2D eigenvalue weighted by molar-refractivity contribution is 6.30. The summed E-state index contributed by atoms with van der Waals surface area (Å²) in [5.74, 6) is 2.05. The normalized spacial score (nSPS) is 22.3. The van der Waals surface area contributed by atoms with Gasteiger partial charge in [-0.25, -0.2) is 0 Å². The number of amides is 1. The van der Waals surface area contributed by atoms with Crippen LogP contribution in [0.1, 0.15) is 62.3 Å². The fourth-order valence-corrected chi connectivity index (χ4v) is 7.45. The van der Waals surface area contributed by atoms with Crippen molar-refractivity contribution < 1.29 is 19.0 Å². The maximum absolute atomic E-state index is 13.9. The van der Waals surface area contributed by atoms with E-state index in [2.05, 4.69) is 41.1 Å². The summed E-state index contributed by atoms with van der Waals surface area (Å²) in [6.45, 7) is 8.94. The number of methoxy groups -OCH3 is 1. The van der Waals surface area contributed by atoms with Crippen LogP contribution in [0.5, 0.6) is 11.5 Å². The van der Waals surface area contributed by atoms with Gasteiger partial charge in [0.2, 0.25) is 5.91 Å². The first kappa shape index (κ1) is 31.7. The Morgan fingerprint density at radius 3 is 2.29 bits per heavy atom. The molecule has 0 radical (unpaired) electrons. The lowest BCUT2D eigenvalue weighted by Crippen LogP contribution is -2.45. The van der Waals surface area contributed by atoms with Gasteiger partial charge in [0.1, 0.15) is 0 Å².